The third-order valence-electron chi connectivity index (χ3n) is 2.20. The Morgan fingerprint density at radius 3 is 3.12 bits per heavy atom. The van der Waals surface area contributed by atoms with Crippen molar-refractivity contribution in [2.45, 2.75) is 0 Å². The molecule has 17 heavy (non-hydrogen) atoms. The maximum atomic E-state index is 6.02. The fourth-order valence-corrected chi connectivity index (χ4v) is 1.58. The lowest BCUT2D eigenvalue weighted by atomic mass is 10.4. The molecule has 0 unspecified atom stereocenters. The number of halogens is 1. The molecule has 0 atom stereocenters. The summed E-state index contributed by atoms with van der Waals surface area (Å²) in [6, 6.07) is 3.76. The van der Waals surface area contributed by atoms with Gasteiger partial charge in [0.1, 0.15) is 0 Å². The number of anilines is 1. The Morgan fingerprint density at radius 1 is 1.53 bits per heavy atom. The van der Waals surface area contributed by atoms with Crippen molar-refractivity contribution in [3.63, 3.8) is 0 Å². The van der Waals surface area contributed by atoms with Gasteiger partial charge >= 0.3 is 0 Å². The van der Waals surface area contributed by atoms with Crippen LogP contribution in [-0.2, 0) is 4.74 Å². The lowest BCUT2D eigenvalue weighted by molar-refractivity contribution is 0.211. The average molecular weight is 253 g/mol. The number of hydrogen-bond acceptors (Lipinski definition) is 4. The van der Waals surface area contributed by atoms with Crippen molar-refractivity contribution < 1.29 is 4.74 Å². The highest BCUT2D eigenvalue weighted by molar-refractivity contribution is 6.32. The summed E-state index contributed by atoms with van der Waals surface area (Å²) in [6.45, 7) is 1.31. The number of aromatic nitrogens is 3. The number of rotatable bonds is 5. The largest absolute Gasteiger partial charge is 0.383 e. The second-order valence-corrected chi connectivity index (χ2v) is 3.77. The molecule has 0 spiro atoms. The maximum absolute atomic E-state index is 6.02. The van der Waals surface area contributed by atoms with Crippen LogP contribution in [0.15, 0.2) is 30.7 Å². The van der Waals surface area contributed by atoms with Gasteiger partial charge in [-0.05, 0) is 12.1 Å². The summed E-state index contributed by atoms with van der Waals surface area (Å²) in [6.07, 6.45) is 5.27. The molecular weight excluding hydrogens is 240 g/mol. The van der Waals surface area contributed by atoms with Gasteiger partial charge in [-0.25, -0.2) is 4.68 Å². The average Bonchev–Trinajstić information content (AvgIpc) is 2.73. The standard InChI is InChI=1S/C11H13ClN4O/c1-17-6-5-14-10-8-16(15-11(10)12)9-3-2-4-13-7-9/h2-4,7-8,14H,5-6H2,1H3. The van der Waals surface area contributed by atoms with Gasteiger partial charge in [0.05, 0.1) is 30.4 Å². The topological polar surface area (TPSA) is 52.0 Å². The van der Waals surface area contributed by atoms with E-state index < -0.39 is 0 Å². The molecule has 0 aliphatic heterocycles. The van der Waals surface area contributed by atoms with Gasteiger partial charge in [0.15, 0.2) is 5.15 Å². The minimum atomic E-state index is 0.435. The number of hydrogen-bond donors (Lipinski definition) is 1. The van der Waals surface area contributed by atoms with Gasteiger partial charge in [-0.2, -0.15) is 5.10 Å². The molecule has 2 aromatic heterocycles. The molecular formula is C11H13ClN4O. The number of methoxy groups -OCH3 is 1. The van der Waals surface area contributed by atoms with Crippen LogP contribution in [0.3, 0.4) is 0 Å². The predicted octanol–water partition coefficient (Wildman–Crippen LogP) is 1.98. The monoisotopic (exact) mass is 252 g/mol. The van der Waals surface area contributed by atoms with Crippen molar-refractivity contribution in [3.8, 4) is 5.69 Å². The van der Waals surface area contributed by atoms with E-state index in [4.69, 9.17) is 16.3 Å². The fraction of sp³-hybridized carbons (Fsp3) is 0.273. The van der Waals surface area contributed by atoms with Crippen molar-refractivity contribution in [1.82, 2.24) is 14.8 Å². The summed E-state index contributed by atoms with van der Waals surface area (Å²) >= 11 is 6.02. The third kappa shape index (κ3) is 2.95. The lowest BCUT2D eigenvalue weighted by Crippen LogP contribution is -2.07. The first-order valence-electron chi connectivity index (χ1n) is 5.19. The molecule has 0 aromatic carbocycles. The molecule has 0 amide bonds. The minimum absolute atomic E-state index is 0.435. The summed E-state index contributed by atoms with van der Waals surface area (Å²) in [5, 5.41) is 7.78. The van der Waals surface area contributed by atoms with Crippen LogP contribution >= 0.6 is 11.6 Å². The molecule has 2 aromatic rings. The van der Waals surface area contributed by atoms with Crippen molar-refractivity contribution in [1.29, 1.82) is 0 Å². The third-order valence-corrected chi connectivity index (χ3v) is 2.48. The van der Waals surface area contributed by atoms with Crippen LogP contribution in [0.1, 0.15) is 0 Å². The van der Waals surface area contributed by atoms with Gasteiger partial charge in [-0.15, -0.1) is 0 Å². The molecule has 90 valence electrons. The molecule has 5 nitrogen and oxygen atoms in total. The van der Waals surface area contributed by atoms with E-state index >= 15 is 0 Å². The predicted molar refractivity (Wildman–Crippen MR) is 66.7 cm³/mol. The molecule has 2 heterocycles. The zero-order valence-corrected chi connectivity index (χ0v) is 10.2. The van der Waals surface area contributed by atoms with Crippen LogP contribution in [0.4, 0.5) is 5.69 Å². The Balaban J connectivity index is 2.13. The number of ether oxygens (including phenoxy) is 1. The first-order chi connectivity index (χ1) is 8.31. The van der Waals surface area contributed by atoms with Crippen LogP contribution < -0.4 is 5.32 Å². The van der Waals surface area contributed by atoms with Gasteiger partial charge in [0.25, 0.3) is 0 Å². The Kier molecular flexibility index (Phi) is 3.95. The summed E-state index contributed by atoms with van der Waals surface area (Å²) in [5.74, 6) is 0. The Bertz CT molecular complexity index is 472. The number of nitrogens with zero attached hydrogens (tertiary/aromatic N) is 3. The van der Waals surface area contributed by atoms with Crippen LogP contribution in [0, 0.1) is 0 Å². The molecule has 0 saturated carbocycles. The molecule has 6 heteroatoms. The van der Waals surface area contributed by atoms with Crippen LogP contribution in [0.2, 0.25) is 5.15 Å². The first kappa shape index (κ1) is 11.9. The van der Waals surface area contributed by atoms with E-state index in [1.54, 1.807) is 24.2 Å². The lowest BCUT2D eigenvalue weighted by Gasteiger charge is -2.01. The molecule has 0 aliphatic carbocycles. The number of pyridine rings is 1. The van der Waals surface area contributed by atoms with Gasteiger partial charge < -0.3 is 10.1 Å². The number of nitrogens with one attached hydrogen (secondary N) is 1. The highest BCUT2D eigenvalue weighted by Crippen LogP contribution is 2.21. The zero-order valence-electron chi connectivity index (χ0n) is 9.43. The van der Waals surface area contributed by atoms with Crippen molar-refractivity contribution in [2.24, 2.45) is 0 Å². The summed E-state index contributed by atoms with van der Waals surface area (Å²) in [7, 11) is 1.66. The molecule has 2 rings (SSSR count). The van der Waals surface area contributed by atoms with E-state index in [0.717, 1.165) is 11.4 Å². The summed E-state index contributed by atoms with van der Waals surface area (Å²) < 4.78 is 6.64. The molecule has 0 saturated heterocycles. The van der Waals surface area contributed by atoms with E-state index in [-0.39, 0.29) is 0 Å². The zero-order chi connectivity index (χ0) is 12.1. The van der Waals surface area contributed by atoms with Crippen LogP contribution in [0.25, 0.3) is 5.69 Å². The highest BCUT2D eigenvalue weighted by atomic mass is 35.5. The minimum Gasteiger partial charge on any atom is -0.383 e. The smallest absolute Gasteiger partial charge is 0.174 e. The second-order valence-electron chi connectivity index (χ2n) is 3.41. The van der Waals surface area contributed by atoms with Crippen molar-refractivity contribution in [3.05, 3.63) is 35.9 Å². The van der Waals surface area contributed by atoms with E-state index in [1.807, 2.05) is 18.3 Å². The molecule has 1 N–H and O–H groups in total. The van der Waals surface area contributed by atoms with Gasteiger partial charge in [-0.1, -0.05) is 11.6 Å². The van der Waals surface area contributed by atoms with E-state index in [1.165, 1.54) is 0 Å². The SMILES string of the molecule is COCCNc1cn(-c2cccnc2)nc1Cl. The summed E-state index contributed by atoms with van der Waals surface area (Å²) in [5.41, 5.74) is 1.65. The van der Waals surface area contributed by atoms with E-state index in [9.17, 15) is 0 Å². The summed E-state index contributed by atoms with van der Waals surface area (Å²) in [4.78, 5) is 4.03. The molecule has 0 bridgehead atoms. The van der Waals surface area contributed by atoms with Gasteiger partial charge in [0, 0.05) is 19.9 Å². The quantitative estimate of drug-likeness (QED) is 0.827. The second kappa shape index (κ2) is 5.65. The van der Waals surface area contributed by atoms with Crippen molar-refractivity contribution >= 4 is 17.3 Å². The Morgan fingerprint density at radius 2 is 2.41 bits per heavy atom. The van der Waals surface area contributed by atoms with Gasteiger partial charge in [0.2, 0.25) is 0 Å². The molecule has 0 fully saturated rings. The Labute approximate surface area is 104 Å². The normalized spacial score (nSPS) is 10.5. The Hall–Kier alpha value is -1.59. The fourth-order valence-electron chi connectivity index (χ4n) is 1.38. The van der Waals surface area contributed by atoms with Crippen molar-refractivity contribution in [2.75, 3.05) is 25.6 Å². The molecule has 0 aliphatic rings. The van der Waals surface area contributed by atoms with Crippen LogP contribution in [-0.4, -0.2) is 35.0 Å². The van der Waals surface area contributed by atoms with Crippen LogP contribution in [0.5, 0.6) is 0 Å². The van der Waals surface area contributed by atoms with Gasteiger partial charge in [-0.3, -0.25) is 4.98 Å². The van der Waals surface area contributed by atoms with E-state index in [0.29, 0.717) is 18.3 Å². The van der Waals surface area contributed by atoms with E-state index in [2.05, 4.69) is 15.4 Å². The highest BCUT2D eigenvalue weighted by Gasteiger charge is 2.07. The maximum Gasteiger partial charge on any atom is 0.174 e. The first-order valence-corrected chi connectivity index (χ1v) is 5.57. The molecule has 0 radical (unpaired) electrons.